The SMILES string of the molecule is Cc1ccc(N(CCC(=O)Nc2ccc(Br)cc2Cl)S(=O)(=O)c2ccc(C)cc2)cc1. The summed E-state index contributed by atoms with van der Waals surface area (Å²) in [6.07, 6.45) is -0.0363. The topological polar surface area (TPSA) is 66.5 Å². The van der Waals surface area contributed by atoms with Gasteiger partial charge in [0.25, 0.3) is 10.0 Å². The molecule has 3 aromatic carbocycles. The number of benzene rings is 3. The van der Waals surface area contributed by atoms with Gasteiger partial charge in [-0.15, -0.1) is 0 Å². The molecule has 8 heteroatoms. The third-order valence-electron chi connectivity index (χ3n) is 4.68. The molecule has 1 amide bonds. The van der Waals surface area contributed by atoms with Crippen LogP contribution in [0.15, 0.2) is 76.1 Å². The van der Waals surface area contributed by atoms with Gasteiger partial charge in [-0.25, -0.2) is 8.42 Å². The summed E-state index contributed by atoms with van der Waals surface area (Å²) in [5.41, 5.74) is 2.95. The van der Waals surface area contributed by atoms with Gasteiger partial charge in [0.1, 0.15) is 0 Å². The van der Waals surface area contributed by atoms with Crippen LogP contribution in [-0.4, -0.2) is 20.9 Å². The summed E-state index contributed by atoms with van der Waals surface area (Å²) in [5, 5.41) is 3.13. The van der Waals surface area contributed by atoms with Crippen molar-refractivity contribution in [2.45, 2.75) is 25.2 Å². The van der Waals surface area contributed by atoms with Crippen molar-refractivity contribution in [3.63, 3.8) is 0 Å². The number of amides is 1. The number of hydrogen-bond acceptors (Lipinski definition) is 3. The van der Waals surface area contributed by atoms with Crippen molar-refractivity contribution in [1.82, 2.24) is 0 Å². The van der Waals surface area contributed by atoms with Crippen molar-refractivity contribution in [2.24, 2.45) is 0 Å². The number of carbonyl (C=O) groups excluding carboxylic acids is 1. The Balaban J connectivity index is 1.84. The number of halogens is 2. The zero-order valence-electron chi connectivity index (χ0n) is 17.1. The second-order valence-electron chi connectivity index (χ2n) is 7.15. The number of sulfonamides is 1. The summed E-state index contributed by atoms with van der Waals surface area (Å²) in [7, 11) is -3.84. The summed E-state index contributed by atoms with van der Waals surface area (Å²) in [4.78, 5) is 12.7. The first-order valence-electron chi connectivity index (χ1n) is 9.58. The van der Waals surface area contributed by atoms with Gasteiger partial charge in [-0.05, 0) is 56.3 Å². The van der Waals surface area contributed by atoms with E-state index in [0.29, 0.717) is 16.4 Å². The molecule has 0 aliphatic carbocycles. The number of aryl methyl sites for hydroxylation is 2. The molecule has 0 saturated carbocycles. The Kier molecular flexibility index (Phi) is 7.41. The highest BCUT2D eigenvalue weighted by atomic mass is 79.9. The summed E-state index contributed by atoms with van der Waals surface area (Å²) in [5.74, 6) is -0.333. The van der Waals surface area contributed by atoms with E-state index in [1.807, 2.05) is 26.0 Å². The number of carbonyl (C=O) groups is 1. The molecule has 0 aliphatic rings. The van der Waals surface area contributed by atoms with Gasteiger partial charge in [0.2, 0.25) is 5.91 Å². The maximum Gasteiger partial charge on any atom is 0.264 e. The van der Waals surface area contributed by atoms with Gasteiger partial charge in [0.05, 0.1) is 21.3 Å². The van der Waals surface area contributed by atoms with Gasteiger partial charge in [0, 0.05) is 17.4 Å². The van der Waals surface area contributed by atoms with Crippen molar-refractivity contribution in [3.8, 4) is 0 Å². The van der Waals surface area contributed by atoms with Gasteiger partial charge in [0.15, 0.2) is 0 Å². The van der Waals surface area contributed by atoms with Crippen LogP contribution in [0.25, 0.3) is 0 Å². The second-order valence-corrected chi connectivity index (χ2v) is 10.3. The fourth-order valence-corrected chi connectivity index (χ4v) is 5.13. The van der Waals surface area contributed by atoms with E-state index in [0.717, 1.165) is 15.6 Å². The maximum absolute atomic E-state index is 13.4. The molecule has 0 spiro atoms. The Morgan fingerprint density at radius 3 is 2.13 bits per heavy atom. The molecule has 0 bridgehead atoms. The molecule has 1 N–H and O–H groups in total. The Labute approximate surface area is 196 Å². The summed E-state index contributed by atoms with van der Waals surface area (Å²) in [6.45, 7) is 3.81. The van der Waals surface area contributed by atoms with Crippen LogP contribution >= 0.6 is 27.5 Å². The predicted molar refractivity (Wildman–Crippen MR) is 129 cm³/mol. The van der Waals surface area contributed by atoms with E-state index in [1.165, 1.54) is 4.31 Å². The first-order valence-corrected chi connectivity index (χ1v) is 12.2. The molecule has 0 radical (unpaired) electrons. The third kappa shape index (κ3) is 5.87. The van der Waals surface area contributed by atoms with Crippen LogP contribution in [0.5, 0.6) is 0 Å². The number of nitrogens with zero attached hydrogens (tertiary/aromatic N) is 1. The Morgan fingerprint density at radius 1 is 0.968 bits per heavy atom. The second kappa shape index (κ2) is 9.85. The normalized spacial score (nSPS) is 11.2. The molecule has 31 heavy (non-hydrogen) atoms. The fraction of sp³-hybridized carbons (Fsp3) is 0.174. The van der Waals surface area contributed by atoms with E-state index in [4.69, 9.17) is 11.6 Å². The van der Waals surface area contributed by atoms with Crippen LogP contribution in [0, 0.1) is 13.8 Å². The van der Waals surface area contributed by atoms with Crippen LogP contribution < -0.4 is 9.62 Å². The largest absolute Gasteiger partial charge is 0.325 e. The van der Waals surface area contributed by atoms with E-state index in [2.05, 4.69) is 21.2 Å². The minimum atomic E-state index is -3.84. The van der Waals surface area contributed by atoms with Crippen LogP contribution in [0.4, 0.5) is 11.4 Å². The molecular formula is C23H22BrClN2O3S. The summed E-state index contributed by atoms with van der Waals surface area (Å²) in [6, 6.07) is 19.0. The molecule has 0 heterocycles. The Bertz CT molecular complexity index is 1180. The standard InChI is InChI=1S/C23H22BrClN2O3S/c1-16-3-8-19(9-4-16)27(31(29,30)20-10-5-17(2)6-11-20)14-13-23(28)26-22-12-7-18(24)15-21(22)25/h3-12,15H,13-14H2,1-2H3,(H,26,28). The van der Waals surface area contributed by atoms with Crippen molar-refractivity contribution in [3.05, 3.63) is 87.4 Å². The number of hydrogen-bond donors (Lipinski definition) is 1. The molecule has 0 aliphatic heterocycles. The average molecular weight is 522 g/mol. The Morgan fingerprint density at radius 2 is 1.55 bits per heavy atom. The molecule has 0 saturated heterocycles. The van der Waals surface area contributed by atoms with E-state index in [9.17, 15) is 13.2 Å². The lowest BCUT2D eigenvalue weighted by atomic mass is 10.2. The predicted octanol–water partition coefficient (Wildman–Crippen LogP) is 5.94. The van der Waals surface area contributed by atoms with E-state index >= 15 is 0 Å². The van der Waals surface area contributed by atoms with Gasteiger partial charge >= 0.3 is 0 Å². The lowest BCUT2D eigenvalue weighted by molar-refractivity contribution is -0.116. The van der Waals surface area contributed by atoms with Crippen LogP contribution in [0.2, 0.25) is 5.02 Å². The Hall–Kier alpha value is -2.35. The quantitative estimate of drug-likeness (QED) is 0.418. The van der Waals surface area contributed by atoms with Crippen molar-refractivity contribution in [1.29, 1.82) is 0 Å². The average Bonchev–Trinajstić information content (AvgIpc) is 2.72. The molecule has 0 fully saturated rings. The van der Waals surface area contributed by atoms with Gasteiger partial charge in [-0.2, -0.15) is 0 Å². The maximum atomic E-state index is 13.4. The number of nitrogens with one attached hydrogen (secondary N) is 1. The smallest absolute Gasteiger partial charge is 0.264 e. The van der Waals surface area contributed by atoms with Crippen LogP contribution in [0.1, 0.15) is 17.5 Å². The van der Waals surface area contributed by atoms with Crippen LogP contribution in [0.3, 0.4) is 0 Å². The molecule has 0 unspecified atom stereocenters. The third-order valence-corrected chi connectivity index (χ3v) is 7.33. The highest BCUT2D eigenvalue weighted by Gasteiger charge is 2.25. The molecular weight excluding hydrogens is 500 g/mol. The van der Waals surface area contributed by atoms with E-state index in [-0.39, 0.29) is 23.8 Å². The van der Waals surface area contributed by atoms with Crippen LogP contribution in [-0.2, 0) is 14.8 Å². The molecule has 3 rings (SSSR count). The van der Waals surface area contributed by atoms with Crippen molar-refractivity contribution in [2.75, 3.05) is 16.2 Å². The highest BCUT2D eigenvalue weighted by Crippen LogP contribution is 2.27. The van der Waals surface area contributed by atoms with Crippen molar-refractivity contribution < 1.29 is 13.2 Å². The minimum Gasteiger partial charge on any atom is -0.325 e. The first kappa shape index (κ1) is 23.3. The lowest BCUT2D eigenvalue weighted by Crippen LogP contribution is -2.34. The first-order chi connectivity index (χ1) is 14.7. The van der Waals surface area contributed by atoms with Crippen molar-refractivity contribution >= 4 is 54.8 Å². The highest BCUT2D eigenvalue weighted by molar-refractivity contribution is 9.10. The summed E-state index contributed by atoms with van der Waals surface area (Å²) < 4.78 is 28.8. The minimum absolute atomic E-state index is 0.0146. The number of rotatable bonds is 7. The van der Waals surface area contributed by atoms with Gasteiger partial charge in [-0.1, -0.05) is 62.9 Å². The van der Waals surface area contributed by atoms with Gasteiger partial charge in [-0.3, -0.25) is 9.10 Å². The van der Waals surface area contributed by atoms with Gasteiger partial charge < -0.3 is 5.32 Å². The molecule has 0 aromatic heterocycles. The monoisotopic (exact) mass is 520 g/mol. The molecule has 162 valence electrons. The molecule has 5 nitrogen and oxygen atoms in total. The lowest BCUT2D eigenvalue weighted by Gasteiger charge is -2.24. The van der Waals surface area contributed by atoms with E-state index in [1.54, 1.807) is 54.6 Å². The summed E-state index contributed by atoms with van der Waals surface area (Å²) >= 11 is 9.48. The zero-order valence-corrected chi connectivity index (χ0v) is 20.3. The zero-order chi connectivity index (χ0) is 22.6. The van der Waals surface area contributed by atoms with E-state index < -0.39 is 10.0 Å². The molecule has 3 aromatic rings. The molecule has 0 atom stereocenters. The fourth-order valence-electron chi connectivity index (χ4n) is 2.94. The number of anilines is 2.